The van der Waals surface area contributed by atoms with E-state index in [0.29, 0.717) is 5.75 Å². The van der Waals surface area contributed by atoms with Crippen molar-refractivity contribution in [1.82, 2.24) is 5.32 Å². The Labute approximate surface area is 107 Å². The first kappa shape index (κ1) is 14.4. The van der Waals surface area contributed by atoms with E-state index < -0.39 is 11.5 Å². The molecule has 0 radical (unpaired) electrons. The van der Waals surface area contributed by atoms with Gasteiger partial charge in [-0.05, 0) is 31.4 Å². The van der Waals surface area contributed by atoms with Crippen LogP contribution in [0.3, 0.4) is 0 Å². The first-order valence-corrected chi connectivity index (χ1v) is 7.34. The van der Waals surface area contributed by atoms with Crippen molar-refractivity contribution < 1.29 is 14.7 Å². The van der Waals surface area contributed by atoms with Gasteiger partial charge in [0.15, 0.2) is 0 Å². The molecule has 0 unspecified atom stereocenters. The van der Waals surface area contributed by atoms with E-state index in [0.717, 1.165) is 37.9 Å². The van der Waals surface area contributed by atoms with Crippen LogP contribution in [0.15, 0.2) is 0 Å². The minimum Gasteiger partial charge on any atom is -0.481 e. The third-order valence-corrected chi connectivity index (χ3v) is 4.12. The molecule has 0 saturated heterocycles. The van der Waals surface area contributed by atoms with Crippen molar-refractivity contribution in [3.63, 3.8) is 0 Å². The number of carboxylic acids is 1. The summed E-state index contributed by atoms with van der Waals surface area (Å²) in [5.41, 5.74) is -0.450. The molecule has 1 amide bonds. The fraction of sp³-hybridized carbons (Fsp3) is 0.833. The molecule has 0 spiro atoms. The number of thioether (sulfide) groups is 1. The predicted molar refractivity (Wildman–Crippen MR) is 69.2 cm³/mol. The molecule has 5 heteroatoms. The van der Waals surface area contributed by atoms with Gasteiger partial charge in [0.1, 0.15) is 0 Å². The Kier molecular flexibility index (Phi) is 5.82. The van der Waals surface area contributed by atoms with Gasteiger partial charge in [0.25, 0.3) is 0 Å². The van der Waals surface area contributed by atoms with Crippen LogP contribution in [0.25, 0.3) is 0 Å². The lowest BCUT2D eigenvalue weighted by atomic mass is 9.74. The molecule has 1 aliphatic rings. The van der Waals surface area contributed by atoms with Crippen LogP contribution in [0.4, 0.5) is 0 Å². The van der Waals surface area contributed by atoms with Crippen LogP contribution >= 0.6 is 11.8 Å². The summed E-state index contributed by atoms with van der Waals surface area (Å²) in [6.07, 6.45) is 4.92. The Balaban J connectivity index is 2.25. The zero-order valence-electron chi connectivity index (χ0n) is 10.3. The van der Waals surface area contributed by atoms with Crippen LogP contribution in [-0.2, 0) is 9.59 Å². The van der Waals surface area contributed by atoms with Gasteiger partial charge in [-0.3, -0.25) is 9.59 Å². The summed E-state index contributed by atoms with van der Waals surface area (Å²) in [6, 6.07) is 0. The van der Waals surface area contributed by atoms with Crippen LogP contribution in [0.5, 0.6) is 0 Å². The smallest absolute Gasteiger partial charge is 0.305 e. The third-order valence-electron chi connectivity index (χ3n) is 3.08. The van der Waals surface area contributed by atoms with Crippen LogP contribution in [-0.4, -0.2) is 34.0 Å². The van der Waals surface area contributed by atoms with E-state index in [9.17, 15) is 9.59 Å². The number of rotatable bonds is 8. The van der Waals surface area contributed by atoms with E-state index in [1.54, 1.807) is 11.8 Å². The summed E-state index contributed by atoms with van der Waals surface area (Å²) in [4.78, 5) is 22.4. The van der Waals surface area contributed by atoms with E-state index in [4.69, 9.17) is 5.11 Å². The molecule has 0 aromatic carbocycles. The molecule has 1 rings (SSSR count). The number of hydrogen-bond donors (Lipinski definition) is 2. The summed E-state index contributed by atoms with van der Waals surface area (Å²) in [5, 5.41) is 11.7. The molecule has 1 saturated carbocycles. The van der Waals surface area contributed by atoms with Gasteiger partial charge in [-0.25, -0.2) is 0 Å². The van der Waals surface area contributed by atoms with Crippen LogP contribution < -0.4 is 5.32 Å². The Bertz CT molecular complexity index is 277. The van der Waals surface area contributed by atoms with Crippen molar-refractivity contribution in [3.8, 4) is 0 Å². The van der Waals surface area contributed by atoms with Gasteiger partial charge in [0, 0.05) is 0 Å². The van der Waals surface area contributed by atoms with Gasteiger partial charge in [-0.1, -0.05) is 13.3 Å². The number of amides is 1. The first-order valence-electron chi connectivity index (χ1n) is 6.18. The molecule has 0 aromatic heterocycles. The van der Waals surface area contributed by atoms with Crippen molar-refractivity contribution in [3.05, 3.63) is 0 Å². The van der Waals surface area contributed by atoms with Crippen LogP contribution in [0, 0.1) is 0 Å². The van der Waals surface area contributed by atoms with E-state index in [1.807, 2.05) is 0 Å². The number of unbranched alkanes of at least 4 members (excludes halogenated alkanes) is 1. The average molecular weight is 259 g/mol. The van der Waals surface area contributed by atoms with E-state index in [-0.39, 0.29) is 12.3 Å². The number of carbonyl (C=O) groups excluding carboxylic acids is 1. The van der Waals surface area contributed by atoms with Crippen molar-refractivity contribution >= 4 is 23.6 Å². The van der Waals surface area contributed by atoms with Crippen LogP contribution in [0.2, 0.25) is 0 Å². The van der Waals surface area contributed by atoms with Gasteiger partial charge in [0.2, 0.25) is 5.91 Å². The van der Waals surface area contributed by atoms with E-state index in [1.165, 1.54) is 0 Å². The number of nitrogens with one attached hydrogen (secondary N) is 1. The molecule has 0 aromatic rings. The fourth-order valence-corrected chi connectivity index (χ4v) is 2.88. The lowest BCUT2D eigenvalue weighted by Gasteiger charge is -2.41. The minimum absolute atomic E-state index is 0.0212. The summed E-state index contributed by atoms with van der Waals surface area (Å²) < 4.78 is 0. The Morgan fingerprint density at radius 2 is 2.12 bits per heavy atom. The second-order valence-corrected chi connectivity index (χ2v) is 5.76. The molecule has 17 heavy (non-hydrogen) atoms. The highest BCUT2D eigenvalue weighted by Crippen LogP contribution is 2.34. The van der Waals surface area contributed by atoms with Gasteiger partial charge in [-0.15, -0.1) is 0 Å². The van der Waals surface area contributed by atoms with Crippen molar-refractivity contribution in [1.29, 1.82) is 0 Å². The predicted octanol–water partition coefficient (Wildman–Crippen LogP) is 2.03. The van der Waals surface area contributed by atoms with Gasteiger partial charge >= 0.3 is 5.97 Å². The normalized spacial score (nSPS) is 17.2. The maximum absolute atomic E-state index is 11.7. The second kappa shape index (κ2) is 6.89. The van der Waals surface area contributed by atoms with Crippen LogP contribution in [0.1, 0.15) is 45.4 Å². The number of carboxylic acid groups (broad SMARTS) is 1. The number of carbonyl (C=O) groups is 2. The molecular weight excluding hydrogens is 238 g/mol. The highest BCUT2D eigenvalue weighted by Gasteiger charge is 2.40. The van der Waals surface area contributed by atoms with E-state index >= 15 is 0 Å². The lowest BCUT2D eigenvalue weighted by molar-refractivity contribution is -0.140. The summed E-state index contributed by atoms with van der Waals surface area (Å²) in [6.45, 7) is 2.12. The Morgan fingerprint density at radius 3 is 2.59 bits per heavy atom. The maximum Gasteiger partial charge on any atom is 0.305 e. The lowest BCUT2D eigenvalue weighted by Crippen LogP contribution is -2.55. The first-order chi connectivity index (χ1) is 8.08. The van der Waals surface area contributed by atoms with Gasteiger partial charge in [-0.2, -0.15) is 11.8 Å². The number of aliphatic carboxylic acids is 1. The number of hydrogen-bond acceptors (Lipinski definition) is 3. The monoisotopic (exact) mass is 259 g/mol. The molecule has 0 heterocycles. The standard InChI is InChI=1S/C12H21NO3S/c1-2-3-7-17-9-10(14)13-12(5-4-6-12)8-11(15)16/h2-9H2,1H3,(H,13,14)(H,15,16). The molecule has 1 fully saturated rings. The summed E-state index contributed by atoms with van der Waals surface area (Å²) >= 11 is 1.62. The van der Waals surface area contributed by atoms with E-state index in [2.05, 4.69) is 12.2 Å². The average Bonchev–Trinajstić information content (AvgIpc) is 2.20. The summed E-state index contributed by atoms with van der Waals surface area (Å²) in [5.74, 6) is 0.590. The van der Waals surface area contributed by atoms with Crippen molar-refractivity contribution in [2.75, 3.05) is 11.5 Å². The molecule has 0 atom stereocenters. The second-order valence-electron chi connectivity index (χ2n) is 4.66. The van der Waals surface area contributed by atoms with Crippen molar-refractivity contribution in [2.45, 2.75) is 51.0 Å². The quantitative estimate of drug-likeness (QED) is 0.655. The molecule has 98 valence electrons. The summed E-state index contributed by atoms with van der Waals surface area (Å²) in [7, 11) is 0. The molecule has 0 aliphatic heterocycles. The highest BCUT2D eigenvalue weighted by atomic mass is 32.2. The zero-order chi connectivity index (χ0) is 12.7. The SMILES string of the molecule is CCCCSCC(=O)NC1(CC(=O)O)CCC1. The molecule has 0 bridgehead atoms. The minimum atomic E-state index is -0.830. The maximum atomic E-state index is 11.7. The Morgan fingerprint density at radius 1 is 1.41 bits per heavy atom. The zero-order valence-corrected chi connectivity index (χ0v) is 11.1. The largest absolute Gasteiger partial charge is 0.481 e. The third kappa shape index (κ3) is 4.98. The van der Waals surface area contributed by atoms with Gasteiger partial charge < -0.3 is 10.4 Å². The molecular formula is C12H21NO3S. The molecule has 4 nitrogen and oxygen atoms in total. The fourth-order valence-electron chi connectivity index (χ4n) is 1.98. The van der Waals surface area contributed by atoms with Crippen molar-refractivity contribution in [2.24, 2.45) is 0 Å². The topological polar surface area (TPSA) is 66.4 Å². The molecule has 2 N–H and O–H groups in total. The Hall–Kier alpha value is -0.710. The highest BCUT2D eigenvalue weighted by molar-refractivity contribution is 7.99. The van der Waals surface area contributed by atoms with Gasteiger partial charge in [0.05, 0.1) is 17.7 Å². The molecule has 1 aliphatic carbocycles.